The van der Waals surface area contributed by atoms with Crippen LogP contribution in [0.2, 0.25) is 5.02 Å². The highest BCUT2D eigenvalue weighted by Gasteiger charge is 2.21. The molecule has 0 bridgehead atoms. The zero-order valence-corrected chi connectivity index (χ0v) is 15.8. The lowest BCUT2D eigenvalue weighted by Gasteiger charge is -2.21. The number of hydrogen-bond acceptors (Lipinski definition) is 4. The van der Waals surface area contributed by atoms with Crippen molar-refractivity contribution >= 4 is 17.5 Å². The van der Waals surface area contributed by atoms with Crippen molar-refractivity contribution in [3.8, 4) is 17.2 Å². The van der Waals surface area contributed by atoms with Crippen LogP contribution in [0.3, 0.4) is 0 Å². The molecule has 1 N–H and O–H groups in total. The van der Waals surface area contributed by atoms with Crippen molar-refractivity contribution in [2.75, 3.05) is 14.2 Å². The van der Waals surface area contributed by atoms with E-state index in [0.29, 0.717) is 23.5 Å². The minimum atomic E-state index is -2.95. The molecule has 1 atom stereocenters. The number of nitrogens with one attached hydrogen (secondary N) is 1. The topological polar surface area (TPSA) is 56.8 Å². The van der Waals surface area contributed by atoms with Crippen LogP contribution >= 0.6 is 11.6 Å². The molecule has 1 unspecified atom stereocenters. The summed E-state index contributed by atoms with van der Waals surface area (Å²) in [5.74, 6) is 0.213. The number of alkyl halides is 2. The Morgan fingerprint density at radius 3 is 2.44 bits per heavy atom. The second-order valence-electron chi connectivity index (χ2n) is 5.54. The number of carbonyl (C=O) groups excluding carboxylic acids is 1. The van der Waals surface area contributed by atoms with Gasteiger partial charge in [-0.05, 0) is 24.6 Å². The first kappa shape index (κ1) is 20.8. The standard InChI is InChI=1S/C19H20ClF2NO4/c1-4-14(12-7-5-6-8-15(12)27-19(21)22)23-18(24)11-9-13(20)17(26-3)16(10-11)25-2/h5-10,14,19H,4H2,1-3H3,(H,23,24). The van der Waals surface area contributed by atoms with E-state index in [4.69, 9.17) is 21.1 Å². The number of rotatable bonds is 8. The van der Waals surface area contributed by atoms with Crippen LogP contribution < -0.4 is 19.5 Å². The number of para-hydroxylation sites is 1. The molecule has 1 amide bonds. The van der Waals surface area contributed by atoms with Crippen LogP contribution in [0.15, 0.2) is 36.4 Å². The maximum Gasteiger partial charge on any atom is 0.387 e. The number of carbonyl (C=O) groups is 1. The Hall–Kier alpha value is -2.54. The smallest absolute Gasteiger partial charge is 0.387 e. The van der Waals surface area contributed by atoms with E-state index in [9.17, 15) is 13.6 Å². The van der Waals surface area contributed by atoms with Crippen molar-refractivity contribution < 1.29 is 27.8 Å². The fraction of sp³-hybridized carbons (Fsp3) is 0.316. The van der Waals surface area contributed by atoms with Gasteiger partial charge in [0.2, 0.25) is 0 Å². The fourth-order valence-corrected chi connectivity index (χ4v) is 2.95. The monoisotopic (exact) mass is 399 g/mol. The summed E-state index contributed by atoms with van der Waals surface area (Å²) in [5.41, 5.74) is 0.712. The molecule has 0 fully saturated rings. The van der Waals surface area contributed by atoms with Gasteiger partial charge in [0, 0.05) is 11.1 Å². The number of halogens is 3. The first-order valence-electron chi connectivity index (χ1n) is 8.17. The van der Waals surface area contributed by atoms with E-state index in [0.717, 1.165) is 0 Å². The first-order chi connectivity index (χ1) is 12.9. The Labute approximate surface area is 161 Å². The van der Waals surface area contributed by atoms with Gasteiger partial charge < -0.3 is 19.5 Å². The van der Waals surface area contributed by atoms with Crippen molar-refractivity contribution in [1.82, 2.24) is 5.32 Å². The predicted octanol–water partition coefficient (Wildman–Crippen LogP) is 4.84. The molecule has 2 aromatic carbocycles. The SMILES string of the molecule is CCC(NC(=O)c1cc(Cl)c(OC)c(OC)c1)c1ccccc1OC(F)F. The summed E-state index contributed by atoms with van der Waals surface area (Å²) >= 11 is 6.14. The summed E-state index contributed by atoms with van der Waals surface area (Å²) in [6.07, 6.45) is 0.469. The zero-order chi connectivity index (χ0) is 20.0. The van der Waals surface area contributed by atoms with Crippen molar-refractivity contribution in [1.29, 1.82) is 0 Å². The van der Waals surface area contributed by atoms with Gasteiger partial charge >= 0.3 is 6.61 Å². The molecule has 0 heterocycles. The average Bonchev–Trinajstić information content (AvgIpc) is 2.65. The van der Waals surface area contributed by atoms with E-state index < -0.39 is 18.6 Å². The molecule has 0 saturated heterocycles. The summed E-state index contributed by atoms with van der Waals surface area (Å²) < 4.78 is 40.2. The fourth-order valence-electron chi connectivity index (χ4n) is 2.66. The Kier molecular flexibility index (Phi) is 7.24. The Balaban J connectivity index is 2.30. The molecule has 27 heavy (non-hydrogen) atoms. The largest absolute Gasteiger partial charge is 0.493 e. The Morgan fingerprint density at radius 1 is 1.15 bits per heavy atom. The molecule has 0 aliphatic carbocycles. The number of ether oxygens (including phenoxy) is 3. The molecule has 146 valence electrons. The molecule has 2 aromatic rings. The molecule has 0 aliphatic heterocycles. The summed E-state index contributed by atoms with van der Waals surface area (Å²) in [7, 11) is 2.87. The molecular weight excluding hydrogens is 380 g/mol. The second-order valence-corrected chi connectivity index (χ2v) is 5.95. The third kappa shape index (κ3) is 5.01. The van der Waals surface area contributed by atoms with Crippen molar-refractivity contribution in [3.05, 3.63) is 52.5 Å². The van der Waals surface area contributed by atoms with Gasteiger partial charge in [0.15, 0.2) is 11.5 Å². The Morgan fingerprint density at radius 2 is 1.85 bits per heavy atom. The average molecular weight is 400 g/mol. The van der Waals surface area contributed by atoms with Gasteiger partial charge in [0.1, 0.15) is 5.75 Å². The van der Waals surface area contributed by atoms with E-state index in [2.05, 4.69) is 10.1 Å². The summed E-state index contributed by atoms with van der Waals surface area (Å²) in [5, 5.41) is 3.03. The molecule has 5 nitrogen and oxygen atoms in total. The minimum absolute atomic E-state index is 0.0185. The van der Waals surface area contributed by atoms with Gasteiger partial charge in [-0.3, -0.25) is 4.79 Å². The van der Waals surface area contributed by atoms with Crippen LogP contribution in [0.25, 0.3) is 0 Å². The van der Waals surface area contributed by atoms with Crippen LogP contribution in [0.5, 0.6) is 17.2 Å². The van der Waals surface area contributed by atoms with Crippen LogP contribution in [0, 0.1) is 0 Å². The number of amides is 1. The van der Waals surface area contributed by atoms with E-state index in [-0.39, 0.29) is 16.3 Å². The summed E-state index contributed by atoms with van der Waals surface area (Å²) in [6, 6.07) is 8.76. The summed E-state index contributed by atoms with van der Waals surface area (Å²) in [6.45, 7) is -1.13. The molecule has 0 radical (unpaired) electrons. The molecular formula is C19H20ClF2NO4. The van der Waals surface area contributed by atoms with Gasteiger partial charge in [-0.15, -0.1) is 0 Å². The third-order valence-electron chi connectivity index (χ3n) is 3.92. The lowest BCUT2D eigenvalue weighted by Crippen LogP contribution is -2.28. The third-order valence-corrected chi connectivity index (χ3v) is 4.20. The Bertz CT molecular complexity index is 801. The van der Waals surface area contributed by atoms with Crippen molar-refractivity contribution in [2.24, 2.45) is 0 Å². The van der Waals surface area contributed by atoms with Crippen LogP contribution in [0.4, 0.5) is 8.78 Å². The summed E-state index contributed by atoms with van der Waals surface area (Å²) in [4.78, 5) is 12.7. The minimum Gasteiger partial charge on any atom is -0.493 e. The van der Waals surface area contributed by atoms with Gasteiger partial charge in [-0.1, -0.05) is 36.7 Å². The first-order valence-corrected chi connectivity index (χ1v) is 8.55. The normalized spacial score (nSPS) is 11.8. The molecule has 0 aromatic heterocycles. The molecule has 0 aliphatic rings. The lowest BCUT2D eigenvalue weighted by atomic mass is 10.0. The highest BCUT2D eigenvalue weighted by Crippen LogP contribution is 2.36. The molecule has 0 saturated carbocycles. The van der Waals surface area contributed by atoms with E-state index >= 15 is 0 Å². The van der Waals surface area contributed by atoms with E-state index in [1.165, 1.54) is 32.4 Å². The number of benzene rings is 2. The van der Waals surface area contributed by atoms with Crippen LogP contribution in [0.1, 0.15) is 35.3 Å². The molecule has 2 rings (SSSR count). The van der Waals surface area contributed by atoms with Crippen LogP contribution in [-0.2, 0) is 0 Å². The van der Waals surface area contributed by atoms with Gasteiger partial charge in [0.05, 0.1) is 25.3 Å². The molecule has 0 spiro atoms. The quantitative estimate of drug-likeness (QED) is 0.690. The maximum atomic E-state index is 12.7. The van der Waals surface area contributed by atoms with E-state index in [1.807, 2.05) is 6.92 Å². The van der Waals surface area contributed by atoms with Gasteiger partial charge in [-0.25, -0.2) is 0 Å². The van der Waals surface area contributed by atoms with Gasteiger partial charge in [0.25, 0.3) is 5.91 Å². The lowest BCUT2D eigenvalue weighted by molar-refractivity contribution is -0.0506. The van der Waals surface area contributed by atoms with Crippen LogP contribution in [-0.4, -0.2) is 26.7 Å². The number of hydrogen-bond donors (Lipinski definition) is 1. The number of methoxy groups -OCH3 is 2. The highest BCUT2D eigenvalue weighted by atomic mass is 35.5. The highest BCUT2D eigenvalue weighted by molar-refractivity contribution is 6.32. The van der Waals surface area contributed by atoms with Gasteiger partial charge in [-0.2, -0.15) is 8.78 Å². The van der Waals surface area contributed by atoms with E-state index in [1.54, 1.807) is 18.2 Å². The predicted molar refractivity (Wildman–Crippen MR) is 98.1 cm³/mol. The van der Waals surface area contributed by atoms with Crippen molar-refractivity contribution in [3.63, 3.8) is 0 Å². The van der Waals surface area contributed by atoms with Crippen molar-refractivity contribution in [2.45, 2.75) is 26.0 Å². The molecule has 8 heteroatoms. The zero-order valence-electron chi connectivity index (χ0n) is 15.1. The second kappa shape index (κ2) is 9.41. The maximum absolute atomic E-state index is 12.7.